The van der Waals surface area contributed by atoms with Gasteiger partial charge in [-0.05, 0) is 88.4 Å². The number of aromatic nitrogens is 1. The SMILES string of the molecule is CCC1CCN(Cc2c(OC)cc(C)c3c2ccn3C(=O)OC(C)(C)C)C(c2ccc(C(=O)OC)cc2)C1. The highest BCUT2D eigenvalue weighted by Gasteiger charge is 2.31. The number of hydrogen-bond donors (Lipinski definition) is 0. The smallest absolute Gasteiger partial charge is 0.419 e. The van der Waals surface area contributed by atoms with Gasteiger partial charge >= 0.3 is 12.1 Å². The summed E-state index contributed by atoms with van der Waals surface area (Å²) in [6, 6.07) is 12.0. The summed E-state index contributed by atoms with van der Waals surface area (Å²) in [7, 11) is 3.10. The zero-order chi connectivity index (χ0) is 27.6. The Morgan fingerprint density at radius 2 is 1.79 bits per heavy atom. The van der Waals surface area contributed by atoms with E-state index in [1.54, 1.807) is 17.9 Å². The fourth-order valence-electron chi connectivity index (χ4n) is 5.53. The Hall–Kier alpha value is -3.32. The van der Waals surface area contributed by atoms with Crippen molar-refractivity contribution in [2.24, 2.45) is 5.92 Å². The van der Waals surface area contributed by atoms with Gasteiger partial charge in [0.15, 0.2) is 0 Å². The summed E-state index contributed by atoms with van der Waals surface area (Å²) in [5.74, 6) is 1.13. The fourth-order valence-corrected chi connectivity index (χ4v) is 5.53. The van der Waals surface area contributed by atoms with E-state index in [4.69, 9.17) is 14.2 Å². The summed E-state index contributed by atoms with van der Waals surface area (Å²) in [6.45, 7) is 11.5. The Balaban J connectivity index is 1.72. The van der Waals surface area contributed by atoms with E-state index in [-0.39, 0.29) is 18.1 Å². The van der Waals surface area contributed by atoms with Crippen LogP contribution in [0.25, 0.3) is 10.9 Å². The van der Waals surface area contributed by atoms with Crippen molar-refractivity contribution < 1.29 is 23.8 Å². The molecule has 0 aliphatic carbocycles. The average molecular weight is 521 g/mol. The zero-order valence-electron chi connectivity index (χ0n) is 23.7. The first kappa shape index (κ1) is 27.7. The van der Waals surface area contributed by atoms with Crippen LogP contribution in [0.15, 0.2) is 42.6 Å². The van der Waals surface area contributed by atoms with Gasteiger partial charge < -0.3 is 14.2 Å². The standard InChI is InChI=1S/C31H40N2O5/c1-8-21-13-15-32(26(18-21)22-9-11-23(12-10-22)29(34)37-7)19-25-24-14-16-33(30(35)38-31(3,4)5)28(24)20(2)17-27(25)36-6/h9-12,14,16-17,21,26H,8,13,15,18-19H2,1-7H3. The Labute approximate surface area is 225 Å². The molecule has 0 radical (unpaired) electrons. The molecule has 2 aromatic carbocycles. The largest absolute Gasteiger partial charge is 0.496 e. The van der Waals surface area contributed by atoms with Crippen LogP contribution in [0.3, 0.4) is 0 Å². The molecule has 0 spiro atoms. The van der Waals surface area contributed by atoms with Crippen LogP contribution in [0, 0.1) is 12.8 Å². The van der Waals surface area contributed by atoms with Gasteiger partial charge in [-0.25, -0.2) is 9.59 Å². The number of fused-ring (bicyclic) bond motifs is 1. The molecule has 1 aliphatic rings. The third kappa shape index (κ3) is 5.73. The first-order chi connectivity index (χ1) is 18.1. The van der Waals surface area contributed by atoms with Crippen LogP contribution < -0.4 is 4.74 Å². The summed E-state index contributed by atoms with van der Waals surface area (Å²) in [5, 5.41) is 0.991. The molecule has 2 unspecified atom stereocenters. The molecular weight excluding hydrogens is 480 g/mol. The minimum absolute atomic E-state index is 0.203. The van der Waals surface area contributed by atoms with Gasteiger partial charge in [0, 0.05) is 29.7 Å². The fraction of sp³-hybridized carbons (Fsp3) is 0.484. The van der Waals surface area contributed by atoms with E-state index in [0.717, 1.165) is 53.6 Å². The summed E-state index contributed by atoms with van der Waals surface area (Å²) in [6.07, 6.45) is 4.72. The van der Waals surface area contributed by atoms with Crippen LogP contribution >= 0.6 is 0 Å². The number of likely N-dealkylation sites (tertiary alicyclic amines) is 1. The Morgan fingerprint density at radius 1 is 1.08 bits per heavy atom. The van der Waals surface area contributed by atoms with Crippen LogP contribution in [0.2, 0.25) is 0 Å². The number of esters is 1. The average Bonchev–Trinajstić information content (AvgIpc) is 3.35. The number of ether oxygens (including phenoxy) is 3. The Kier molecular flexibility index (Phi) is 8.16. The number of rotatable bonds is 6. The van der Waals surface area contributed by atoms with Gasteiger partial charge in [-0.1, -0.05) is 25.5 Å². The molecule has 204 valence electrons. The molecule has 2 atom stereocenters. The first-order valence-corrected chi connectivity index (χ1v) is 13.4. The predicted octanol–water partition coefficient (Wildman–Crippen LogP) is 6.89. The second-order valence-electron chi connectivity index (χ2n) is 11.2. The quantitative estimate of drug-likeness (QED) is 0.330. The van der Waals surface area contributed by atoms with Gasteiger partial charge in [-0.3, -0.25) is 9.47 Å². The summed E-state index contributed by atoms with van der Waals surface area (Å²) >= 11 is 0. The molecule has 0 N–H and O–H groups in total. The van der Waals surface area contributed by atoms with Crippen molar-refractivity contribution in [3.63, 3.8) is 0 Å². The second-order valence-corrected chi connectivity index (χ2v) is 11.2. The van der Waals surface area contributed by atoms with Crippen LogP contribution in [0.1, 0.15) is 80.0 Å². The van der Waals surface area contributed by atoms with Gasteiger partial charge in [-0.15, -0.1) is 0 Å². The number of carbonyl (C=O) groups is 2. The second kappa shape index (κ2) is 11.2. The van der Waals surface area contributed by atoms with E-state index in [9.17, 15) is 9.59 Å². The predicted molar refractivity (Wildman–Crippen MR) is 149 cm³/mol. The zero-order valence-corrected chi connectivity index (χ0v) is 23.7. The van der Waals surface area contributed by atoms with Crippen molar-refractivity contribution in [2.45, 2.75) is 72.1 Å². The lowest BCUT2D eigenvalue weighted by Crippen LogP contribution is -2.36. The lowest BCUT2D eigenvalue weighted by molar-refractivity contribution is 0.0542. The van der Waals surface area contributed by atoms with E-state index in [0.29, 0.717) is 18.0 Å². The number of benzene rings is 2. The highest BCUT2D eigenvalue weighted by atomic mass is 16.6. The molecule has 3 aromatic rings. The molecule has 4 rings (SSSR count). The number of aryl methyl sites for hydroxylation is 1. The maximum atomic E-state index is 13.0. The van der Waals surface area contributed by atoms with E-state index >= 15 is 0 Å². The van der Waals surface area contributed by atoms with Crippen molar-refractivity contribution in [1.82, 2.24) is 9.47 Å². The molecule has 0 saturated carbocycles. The molecule has 2 heterocycles. The van der Waals surface area contributed by atoms with Crippen LogP contribution in [-0.4, -0.2) is 47.9 Å². The third-order valence-corrected chi connectivity index (χ3v) is 7.52. The van der Waals surface area contributed by atoms with Gasteiger partial charge in [0.2, 0.25) is 0 Å². The molecule has 38 heavy (non-hydrogen) atoms. The van der Waals surface area contributed by atoms with E-state index in [1.807, 2.05) is 64.1 Å². The Bertz CT molecular complexity index is 1300. The maximum Gasteiger partial charge on any atom is 0.419 e. The minimum Gasteiger partial charge on any atom is -0.496 e. The molecule has 7 heteroatoms. The molecule has 1 aliphatic heterocycles. The summed E-state index contributed by atoms with van der Waals surface area (Å²) < 4.78 is 18.0. The van der Waals surface area contributed by atoms with Crippen molar-refractivity contribution in [2.75, 3.05) is 20.8 Å². The van der Waals surface area contributed by atoms with Crippen molar-refractivity contribution in [3.8, 4) is 5.75 Å². The number of hydrogen-bond acceptors (Lipinski definition) is 6. The molecule has 1 fully saturated rings. The summed E-state index contributed by atoms with van der Waals surface area (Å²) in [5.41, 5.74) is 4.01. The highest BCUT2D eigenvalue weighted by Crippen LogP contribution is 2.40. The number of piperidine rings is 1. The van der Waals surface area contributed by atoms with E-state index < -0.39 is 5.60 Å². The van der Waals surface area contributed by atoms with Crippen molar-refractivity contribution in [3.05, 3.63) is 64.8 Å². The van der Waals surface area contributed by atoms with Crippen LogP contribution in [0.4, 0.5) is 4.79 Å². The highest BCUT2D eigenvalue weighted by molar-refractivity contribution is 5.95. The molecular formula is C31H40N2O5. The first-order valence-electron chi connectivity index (χ1n) is 13.4. The number of nitrogens with zero attached hydrogens (tertiary/aromatic N) is 2. The topological polar surface area (TPSA) is 70.0 Å². The molecule has 1 saturated heterocycles. The maximum absolute atomic E-state index is 13.0. The van der Waals surface area contributed by atoms with Gasteiger partial charge in [0.05, 0.1) is 25.3 Å². The van der Waals surface area contributed by atoms with Crippen molar-refractivity contribution >= 4 is 23.0 Å². The normalized spacial score (nSPS) is 18.4. The Morgan fingerprint density at radius 3 is 2.39 bits per heavy atom. The molecule has 0 amide bonds. The lowest BCUT2D eigenvalue weighted by atomic mass is 9.85. The van der Waals surface area contributed by atoms with Crippen molar-refractivity contribution in [1.29, 1.82) is 0 Å². The molecule has 7 nitrogen and oxygen atoms in total. The minimum atomic E-state index is -0.586. The summed E-state index contributed by atoms with van der Waals surface area (Å²) in [4.78, 5) is 27.5. The monoisotopic (exact) mass is 520 g/mol. The van der Waals surface area contributed by atoms with Gasteiger partial charge in [0.25, 0.3) is 0 Å². The van der Waals surface area contributed by atoms with Gasteiger partial charge in [-0.2, -0.15) is 0 Å². The molecule has 1 aromatic heterocycles. The van der Waals surface area contributed by atoms with Gasteiger partial charge in [0.1, 0.15) is 11.4 Å². The number of carbonyl (C=O) groups excluding carboxylic acids is 2. The number of methoxy groups -OCH3 is 2. The van der Waals surface area contributed by atoms with Crippen LogP contribution in [0.5, 0.6) is 5.75 Å². The van der Waals surface area contributed by atoms with E-state index in [2.05, 4.69) is 11.8 Å². The third-order valence-electron chi connectivity index (χ3n) is 7.52. The lowest BCUT2D eigenvalue weighted by Gasteiger charge is -2.40. The van der Waals surface area contributed by atoms with E-state index in [1.165, 1.54) is 12.7 Å². The molecule has 0 bridgehead atoms. The van der Waals surface area contributed by atoms with Crippen LogP contribution in [-0.2, 0) is 16.0 Å².